The first-order chi connectivity index (χ1) is 20.3. The zero-order valence-corrected chi connectivity index (χ0v) is 22.8. The first-order valence-corrected chi connectivity index (χ1v) is 13.5. The highest BCUT2D eigenvalue weighted by Crippen LogP contribution is 2.30. The van der Waals surface area contributed by atoms with Crippen molar-refractivity contribution in [1.29, 1.82) is 0 Å². The normalized spacial score (nSPS) is 20.7. The van der Waals surface area contributed by atoms with Gasteiger partial charge in [-0.15, -0.1) is 0 Å². The summed E-state index contributed by atoms with van der Waals surface area (Å²) in [7, 11) is 1.49. The number of nitrogens with zero attached hydrogens (tertiary/aromatic N) is 1. The van der Waals surface area contributed by atoms with Crippen LogP contribution in [-0.4, -0.2) is 71.8 Å². The number of carbonyl (C=O) groups is 4. The summed E-state index contributed by atoms with van der Waals surface area (Å²) in [4.78, 5) is 53.0. The maximum atomic E-state index is 13.2. The highest BCUT2D eigenvalue weighted by atomic mass is 16.6. The lowest BCUT2D eigenvalue weighted by Gasteiger charge is -2.31. The Bertz CT molecular complexity index is 1480. The molecular formula is C32H30N2O8. The van der Waals surface area contributed by atoms with Crippen molar-refractivity contribution in [2.75, 3.05) is 13.7 Å². The summed E-state index contributed by atoms with van der Waals surface area (Å²) in [5.74, 6) is -1.81. The van der Waals surface area contributed by atoms with E-state index in [1.165, 1.54) is 24.2 Å². The number of fused-ring (bicyclic) bond motifs is 1. The molecule has 0 radical (unpaired) electrons. The lowest BCUT2D eigenvalue weighted by molar-refractivity contribution is -0.160. The van der Waals surface area contributed by atoms with Gasteiger partial charge in [0.2, 0.25) is 5.91 Å². The van der Waals surface area contributed by atoms with Crippen molar-refractivity contribution in [1.82, 2.24) is 10.2 Å². The maximum absolute atomic E-state index is 13.2. The van der Waals surface area contributed by atoms with Crippen LogP contribution in [0.25, 0.3) is 0 Å². The lowest BCUT2D eigenvalue weighted by atomic mass is 10.0. The number of esters is 2. The van der Waals surface area contributed by atoms with Gasteiger partial charge in [0, 0.05) is 18.1 Å². The van der Waals surface area contributed by atoms with Gasteiger partial charge in [-0.05, 0) is 42.0 Å². The molecule has 2 aliphatic rings. The minimum Gasteiger partial charge on any atom is -0.497 e. The Hall–Kier alpha value is -4.96. The number of hydrogen-bond donors (Lipinski definition) is 2. The van der Waals surface area contributed by atoms with E-state index in [1.807, 2.05) is 0 Å². The molecule has 2 aliphatic heterocycles. The summed E-state index contributed by atoms with van der Waals surface area (Å²) < 4.78 is 16.5. The number of rotatable bonds is 9. The molecule has 2 N–H and O–H groups in total. The summed E-state index contributed by atoms with van der Waals surface area (Å²) in [6.45, 7) is 0.0614. The Morgan fingerprint density at radius 3 is 2.33 bits per heavy atom. The van der Waals surface area contributed by atoms with Gasteiger partial charge in [-0.25, -0.2) is 9.59 Å². The van der Waals surface area contributed by atoms with Gasteiger partial charge in [0.25, 0.3) is 5.91 Å². The van der Waals surface area contributed by atoms with E-state index in [2.05, 4.69) is 5.32 Å². The summed E-state index contributed by atoms with van der Waals surface area (Å²) in [5, 5.41) is 13.8. The van der Waals surface area contributed by atoms with Crippen molar-refractivity contribution in [3.05, 3.63) is 114 Å². The molecule has 1 saturated heterocycles. The molecular weight excluding hydrogens is 540 g/mol. The Kier molecular flexibility index (Phi) is 8.63. The number of aliphatic hydroxyl groups excluding tert-OH is 1. The molecule has 0 unspecified atom stereocenters. The molecule has 0 aliphatic carbocycles. The quantitative estimate of drug-likeness (QED) is 0.376. The zero-order chi connectivity index (χ0) is 29.6. The van der Waals surface area contributed by atoms with Crippen LogP contribution in [0.4, 0.5) is 0 Å². The van der Waals surface area contributed by atoms with Crippen LogP contribution >= 0.6 is 0 Å². The molecule has 2 amide bonds. The third kappa shape index (κ3) is 6.34. The Morgan fingerprint density at radius 2 is 1.62 bits per heavy atom. The Morgan fingerprint density at radius 1 is 0.929 bits per heavy atom. The summed E-state index contributed by atoms with van der Waals surface area (Å²) >= 11 is 0. The Labute approximate surface area is 242 Å². The Balaban J connectivity index is 1.26. The second-order valence-electron chi connectivity index (χ2n) is 9.99. The number of ether oxygens (including phenoxy) is 3. The van der Waals surface area contributed by atoms with E-state index in [-0.39, 0.29) is 18.9 Å². The molecule has 2 heterocycles. The fourth-order valence-electron chi connectivity index (χ4n) is 5.13. The van der Waals surface area contributed by atoms with Gasteiger partial charge < -0.3 is 29.5 Å². The topological polar surface area (TPSA) is 131 Å². The number of benzene rings is 3. The van der Waals surface area contributed by atoms with Gasteiger partial charge in [-0.3, -0.25) is 9.59 Å². The van der Waals surface area contributed by atoms with Crippen molar-refractivity contribution < 1.29 is 38.5 Å². The fourth-order valence-corrected chi connectivity index (χ4v) is 5.13. The predicted octanol–water partition coefficient (Wildman–Crippen LogP) is 2.84. The monoisotopic (exact) mass is 570 g/mol. The smallest absolute Gasteiger partial charge is 0.338 e. The van der Waals surface area contributed by atoms with Gasteiger partial charge in [0.1, 0.15) is 18.0 Å². The van der Waals surface area contributed by atoms with E-state index >= 15 is 0 Å². The predicted molar refractivity (Wildman–Crippen MR) is 150 cm³/mol. The van der Waals surface area contributed by atoms with Crippen LogP contribution < -0.4 is 10.1 Å². The van der Waals surface area contributed by atoms with Crippen molar-refractivity contribution in [3.63, 3.8) is 0 Å². The van der Waals surface area contributed by atoms with Gasteiger partial charge in [-0.1, -0.05) is 54.6 Å². The van der Waals surface area contributed by atoms with E-state index in [1.54, 1.807) is 84.9 Å². The molecule has 0 spiro atoms. The third-order valence-corrected chi connectivity index (χ3v) is 7.27. The lowest BCUT2D eigenvalue weighted by Crippen LogP contribution is -2.46. The maximum Gasteiger partial charge on any atom is 0.338 e. The fraction of sp³-hybridized carbons (Fsp3) is 0.250. The van der Waals surface area contributed by atoms with Crippen molar-refractivity contribution in [2.24, 2.45) is 0 Å². The van der Waals surface area contributed by atoms with Gasteiger partial charge in [0.15, 0.2) is 6.10 Å². The van der Waals surface area contributed by atoms with Crippen LogP contribution in [0.3, 0.4) is 0 Å². The van der Waals surface area contributed by atoms with Gasteiger partial charge >= 0.3 is 11.9 Å². The molecule has 0 aromatic heterocycles. The van der Waals surface area contributed by atoms with Crippen molar-refractivity contribution in [2.45, 2.75) is 36.8 Å². The van der Waals surface area contributed by atoms with Crippen LogP contribution in [-0.2, 0) is 19.1 Å². The molecule has 0 saturated carbocycles. The van der Waals surface area contributed by atoms with Crippen molar-refractivity contribution in [3.8, 4) is 5.75 Å². The number of aliphatic hydroxyl groups is 1. The number of amides is 2. The van der Waals surface area contributed by atoms with Crippen LogP contribution in [0.1, 0.15) is 38.7 Å². The number of carbonyl (C=O) groups excluding carboxylic acids is 4. The summed E-state index contributed by atoms with van der Waals surface area (Å²) in [6, 6.07) is 21.9. The molecule has 216 valence electrons. The average molecular weight is 571 g/mol. The van der Waals surface area contributed by atoms with Crippen molar-refractivity contribution >= 4 is 23.8 Å². The highest BCUT2D eigenvalue weighted by molar-refractivity contribution is 5.95. The SMILES string of the molecule is COc1cccc(C(=O)O[C@H]2C=CC(=O)N3C[C@@H](OC(=O)[C@H](O)[C@@H](NC(=O)c4ccccc4)c4ccccc4)C[C@H]23)c1. The van der Waals surface area contributed by atoms with Crippen LogP contribution in [0.15, 0.2) is 97.1 Å². The molecule has 5 rings (SSSR count). The zero-order valence-electron chi connectivity index (χ0n) is 22.8. The summed E-state index contributed by atoms with van der Waals surface area (Å²) in [5.41, 5.74) is 1.17. The van der Waals surface area contributed by atoms with E-state index < -0.39 is 48.2 Å². The molecule has 3 aromatic carbocycles. The van der Waals surface area contributed by atoms with E-state index in [0.29, 0.717) is 22.4 Å². The second kappa shape index (κ2) is 12.7. The van der Waals surface area contributed by atoms with E-state index in [4.69, 9.17) is 14.2 Å². The third-order valence-electron chi connectivity index (χ3n) is 7.27. The van der Waals surface area contributed by atoms with E-state index in [0.717, 1.165) is 0 Å². The van der Waals surface area contributed by atoms with Crippen LogP contribution in [0, 0.1) is 0 Å². The standard InChI is InChI=1S/C32H30N2O8/c1-40-23-14-8-13-22(17-23)31(38)42-26-15-16-27(35)34-19-24(18-25(26)34)41-32(39)29(36)28(20-9-4-2-5-10-20)33-30(37)21-11-6-3-7-12-21/h2-17,24-26,28-29,36H,18-19H2,1H3,(H,33,37)/t24-,25+,26-,28-,29+/m0/s1. The van der Waals surface area contributed by atoms with Gasteiger partial charge in [0.05, 0.1) is 31.3 Å². The molecule has 3 aromatic rings. The molecule has 5 atom stereocenters. The number of methoxy groups -OCH3 is 1. The largest absolute Gasteiger partial charge is 0.497 e. The second-order valence-corrected chi connectivity index (χ2v) is 9.99. The average Bonchev–Trinajstić information content (AvgIpc) is 3.46. The molecule has 42 heavy (non-hydrogen) atoms. The molecule has 1 fully saturated rings. The number of hydrogen-bond acceptors (Lipinski definition) is 8. The number of nitrogens with one attached hydrogen (secondary N) is 1. The van der Waals surface area contributed by atoms with Crippen LogP contribution in [0.5, 0.6) is 5.75 Å². The van der Waals surface area contributed by atoms with Gasteiger partial charge in [-0.2, -0.15) is 0 Å². The minimum absolute atomic E-state index is 0.0614. The van der Waals surface area contributed by atoms with E-state index in [9.17, 15) is 24.3 Å². The molecule has 10 heteroatoms. The first kappa shape index (κ1) is 28.6. The molecule has 0 bridgehead atoms. The highest BCUT2D eigenvalue weighted by Gasteiger charge is 2.45. The van der Waals surface area contributed by atoms with Crippen LogP contribution in [0.2, 0.25) is 0 Å². The minimum atomic E-state index is -1.73. The summed E-state index contributed by atoms with van der Waals surface area (Å²) in [6.07, 6.45) is -0.225. The first-order valence-electron chi connectivity index (χ1n) is 13.5. The molecule has 10 nitrogen and oxygen atoms in total.